The molecule has 192 valence electrons. The van der Waals surface area contributed by atoms with Crippen LogP contribution in [0.5, 0.6) is 0 Å². The zero-order chi connectivity index (χ0) is 25.4. The number of anilines is 1. The Labute approximate surface area is 207 Å². The Morgan fingerprint density at radius 3 is 2.50 bits per heavy atom. The number of nitrogens with zero attached hydrogens (tertiary/aromatic N) is 6. The van der Waals surface area contributed by atoms with Crippen LogP contribution in [-0.4, -0.2) is 68.5 Å². The van der Waals surface area contributed by atoms with Gasteiger partial charge in [-0.1, -0.05) is 0 Å². The molecule has 0 aromatic carbocycles. The van der Waals surface area contributed by atoms with Crippen molar-refractivity contribution >= 4 is 17.4 Å². The lowest BCUT2D eigenvalue weighted by molar-refractivity contribution is -0.138. The number of rotatable bonds is 4. The Bertz CT molecular complexity index is 1230. The van der Waals surface area contributed by atoms with E-state index >= 15 is 0 Å². The second kappa shape index (κ2) is 9.68. The SMILES string of the molecule is CC1CN(c2ccnc(-c3cnc4ccc(C(F)(F)F)cn34)n2)CC(C)N1C(=O)CC1CCOCC1. The number of pyridine rings is 1. The first kappa shape index (κ1) is 24.5. The first-order chi connectivity index (χ1) is 17.2. The Hall–Kier alpha value is -3.21. The van der Waals surface area contributed by atoms with Crippen LogP contribution in [0.3, 0.4) is 0 Å². The van der Waals surface area contributed by atoms with Crippen molar-refractivity contribution in [3.63, 3.8) is 0 Å². The van der Waals surface area contributed by atoms with Gasteiger partial charge in [-0.05, 0) is 50.8 Å². The highest BCUT2D eigenvalue weighted by atomic mass is 19.4. The monoisotopic (exact) mass is 502 g/mol. The molecule has 5 heterocycles. The number of carbonyl (C=O) groups is 1. The smallest absolute Gasteiger partial charge is 0.381 e. The van der Waals surface area contributed by atoms with E-state index in [1.807, 2.05) is 18.7 Å². The van der Waals surface area contributed by atoms with Gasteiger partial charge in [-0.25, -0.2) is 15.0 Å². The number of alkyl halides is 3. The van der Waals surface area contributed by atoms with Crippen molar-refractivity contribution in [1.82, 2.24) is 24.3 Å². The van der Waals surface area contributed by atoms with Crippen molar-refractivity contribution in [3.05, 3.63) is 42.4 Å². The van der Waals surface area contributed by atoms with E-state index in [1.165, 1.54) is 16.7 Å². The molecular formula is C25H29F3N6O2. The number of aromatic nitrogens is 4. The highest BCUT2D eigenvalue weighted by molar-refractivity contribution is 5.77. The molecule has 3 aromatic heterocycles. The van der Waals surface area contributed by atoms with Gasteiger partial charge in [0.2, 0.25) is 5.91 Å². The number of piperazine rings is 1. The molecule has 0 spiro atoms. The molecule has 0 aliphatic carbocycles. The number of imidazole rings is 1. The predicted octanol–water partition coefficient (Wildman–Crippen LogP) is 4.05. The summed E-state index contributed by atoms with van der Waals surface area (Å²) in [7, 11) is 0. The molecule has 11 heteroatoms. The fourth-order valence-electron chi connectivity index (χ4n) is 5.27. The number of hydrogen-bond acceptors (Lipinski definition) is 6. The summed E-state index contributed by atoms with van der Waals surface area (Å²) >= 11 is 0. The summed E-state index contributed by atoms with van der Waals surface area (Å²) in [5.74, 6) is 1.50. The Morgan fingerprint density at radius 1 is 1.08 bits per heavy atom. The molecule has 0 bridgehead atoms. The van der Waals surface area contributed by atoms with E-state index in [4.69, 9.17) is 4.74 Å². The Morgan fingerprint density at radius 2 is 1.81 bits per heavy atom. The molecule has 5 rings (SSSR count). The van der Waals surface area contributed by atoms with Crippen LogP contribution in [0.4, 0.5) is 19.0 Å². The molecule has 0 saturated carbocycles. The largest absolute Gasteiger partial charge is 0.417 e. The second-order valence-corrected chi connectivity index (χ2v) is 9.69. The second-order valence-electron chi connectivity index (χ2n) is 9.69. The Balaban J connectivity index is 1.34. The van der Waals surface area contributed by atoms with Gasteiger partial charge in [-0.2, -0.15) is 13.2 Å². The minimum absolute atomic E-state index is 0.00959. The van der Waals surface area contributed by atoms with Crippen LogP contribution in [0.25, 0.3) is 17.2 Å². The van der Waals surface area contributed by atoms with E-state index in [9.17, 15) is 18.0 Å². The van der Waals surface area contributed by atoms with Crippen molar-refractivity contribution in [2.75, 3.05) is 31.2 Å². The van der Waals surface area contributed by atoms with Crippen LogP contribution in [-0.2, 0) is 15.7 Å². The summed E-state index contributed by atoms with van der Waals surface area (Å²) in [6, 6.07) is 4.10. The number of fused-ring (bicyclic) bond motifs is 1. The van der Waals surface area contributed by atoms with Crippen LogP contribution in [0.1, 0.15) is 38.7 Å². The van der Waals surface area contributed by atoms with Crippen molar-refractivity contribution in [1.29, 1.82) is 0 Å². The van der Waals surface area contributed by atoms with Gasteiger partial charge in [-0.15, -0.1) is 0 Å². The minimum Gasteiger partial charge on any atom is -0.381 e. The van der Waals surface area contributed by atoms with Crippen LogP contribution in [0, 0.1) is 5.92 Å². The standard InChI is InChI=1S/C25H29F3N6O2/c1-16-13-32(14-17(2)34(16)23(35)11-18-6-9-36-10-7-18)22-5-8-29-24(31-22)20-12-30-21-4-3-19(15-33(20)21)25(26,27)28/h3-5,8,12,15-18H,6-7,9-11,13-14H2,1-2H3. The topological polar surface area (TPSA) is 75.9 Å². The van der Waals surface area contributed by atoms with Gasteiger partial charge >= 0.3 is 6.18 Å². The van der Waals surface area contributed by atoms with Gasteiger partial charge in [0.15, 0.2) is 5.82 Å². The average Bonchev–Trinajstić information content (AvgIpc) is 3.27. The zero-order valence-electron chi connectivity index (χ0n) is 20.3. The quantitative estimate of drug-likeness (QED) is 0.536. The van der Waals surface area contributed by atoms with E-state index in [-0.39, 0.29) is 23.8 Å². The molecule has 2 saturated heterocycles. The summed E-state index contributed by atoms with van der Waals surface area (Å²) in [4.78, 5) is 30.4. The third-order valence-electron chi connectivity index (χ3n) is 7.04. The lowest BCUT2D eigenvalue weighted by atomic mass is 9.94. The number of ether oxygens (including phenoxy) is 1. The number of carbonyl (C=O) groups excluding carboxylic acids is 1. The van der Waals surface area contributed by atoms with Gasteiger partial charge in [0.25, 0.3) is 0 Å². The summed E-state index contributed by atoms with van der Waals surface area (Å²) < 4.78 is 46.5. The molecule has 0 N–H and O–H groups in total. The summed E-state index contributed by atoms with van der Waals surface area (Å²) in [5.41, 5.74) is -0.00943. The summed E-state index contributed by atoms with van der Waals surface area (Å²) in [6.45, 7) is 6.72. The lowest BCUT2D eigenvalue weighted by Crippen LogP contribution is -2.59. The lowest BCUT2D eigenvalue weighted by Gasteiger charge is -2.45. The molecular weight excluding hydrogens is 473 g/mol. The van der Waals surface area contributed by atoms with E-state index in [0.29, 0.717) is 42.6 Å². The average molecular weight is 503 g/mol. The first-order valence-electron chi connectivity index (χ1n) is 12.2. The molecule has 2 unspecified atom stereocenters. The zero-order valence-corrected chi connectivity index (χ0v) is 20.3. The molecule has 36 heavy (non-hydrogen) atoms. The van der Waals surface area contributed by atoms with Crippen molar-refractivity contribution in [2.24, 2.45) is 5.92 Å². The number of halogens is 3. The maximum absolute atomic E-state index is 13.3. The maximum Gasteiger partial charge on any atom is 0.417 e. The maximum atomic E-state index is 13.3. The molecule has 2 atom stereocenters. The highest BCUT2D eigenvalue weighted by Gasteiger charge is 2.35. The number of hydrogen-bond donors (Lipinski definition) is 0. The van der Waals surface area contributed by atoms with Gasteiger partial charge < -0.3 is 14.5 Å². The predicted molar refractivity (Wildman–Crippen MR) is 127 cm³/mol. The molecule has 3 aromatic rings. The van der Waals surface area contributed by atoms with Crippen molar-refractivity contribution < 1.29 is 22.7 Å². The molecule has 8 nitrogen and oxygen atoms in total. The first-order valence-corrected chi connectivity index (χ1v) is 12.2. The fraction of sp³-hybridized carbons (Fsp3) is 0.520. The molecule has 0 radical (unpaired) electrons. The third kappa shape index (κ3) is 4.88. The minimum atomic E-state index is -4.47. The van der Waals surface area contributed by atoms with E-state index in [2.05, 4.69) is 19.9 Å². The molecule has 2 aliphatic heterocycles. The van der Waals surface area contributed by atoms with E-state index in [0.717, 1.165) is 38.3 Å². The molecule has 1 amide bonds. The summed E-state index contributed by atoms with van der Waals surface area (Å²) in [5, 5.41) is 0. The van der Waals surface area contributed by atoms with E-state index in [1.54, 1.807) is 12.3 Å². The summed E-state index contributed by atoms with van der Waals surface area (Å²) in [6.07, 6.45) is 2.02. The number of amides is 1. The molecule has 2 aliphatic rings. The van der Waals surface area contributed by atoms with Crippen molar-refractivity contribution in [3.8, 4) is 11.5 Å². The van der Waals surface area contributed by atoms with Crippen LogP contribution in [0.2, 0.25) is 0 Å². The van der Waals surface area contributed by atoms with Crippen LogP contribution < -0.4 is 4.90 Å². The van der Waals surface area contributed by atoms with E-state index < -0.39 is 11.7 Å². The van der Waals surface area contributed by atoms with Gasteiger partial charge in [0, 0.05) is 57.2 Å². The highest BCUT2D eigenvalue weighted by Crippen LogP contribution is 2.31. The normalized spacial score (nSPS) is 21.8. The van der Waals surface area contributed by atoms with Crippen LogP contribution in [0.15, 0.2) is 36.8 Å². The van der Waals surface area contributed by atoms with Crippen LogP contribution >= 0.6 is 0 Å². The third-order valence-corrected chi connectivity index (χ3v) is 7.04. The van der Waals surface area contributed by atoms with Gasteiger partial charge in [0.1, 0.15) is 17.2 Å². The Kier molecular flexibility index (Phi) is 6.59. The van der Waals surface area contributed by atoms with Gasteiger partial charge in [-0.3, -0.25) is 9.20 Å². The van der Waals surface area contributed by atoms with Crippen molar-refractivity contribution in [2.45, 2.75) is 51.4 Å². The molecule has 2 fully saturated rings. The fourth-order valence-corrected chi connectivity index (χ4v) is 5.27. The van der Waals surface area contributed by atoms with Gasteiger partial charge in [0.05, 0.1) is 11.8 Å².